The summed E-state index contributed by atoms with van der Waals surface area (Å²) in [7, 11) is 0. The number of aryl methyl sites for hydroxylation is 2. The molecule has 3 aromatic rings. The lowest BCUT2D eigenvalue weighted by molar-refractivity contribution is -0.385. The van der Waals surface area contributed by atoms with E-state index >= 15 is 0 Å². The molecular weight excluding hydrogens is 332 g/mol. The van der Waals surface area contributed by atoms with E-state index in [0.717, 1.165) is 11.1 Å². The Bertz CT molecular complexity index is 978. The number of hydrogen-bond donors (Lipinski definition) is 1. The standard InChI is InChI=1S/C19H18N4O3/c1-13-4-3-5-15(10-13)12-22-18(8-9-20-22)21-19(24)16-6-7-17(23(25)26)14(2)11-16/h3-11H,12H2,1-2H3,(H,21,24). The maximum absolute atomic E-state index is 12.5. The van der Waals surface area contributed by atoms with Gasteiger partial charge in [-0.25, -0.2) is 4.68 Å². The molecule has 0 spiro atoms. The van der Waals surface area contributed by atoms with E-state index in [1.54, 1.807) is 23.9 Å². The quantitative estimate of drug-likeness (QED) is 0.561. The lowest BCUT2D eigenvalue weighted by atomic mass is 10.1. The smallest absolute Gasteiger partial charge is 0.272 e. The highest BCUT2D eigenvalue weighted by Gasteiger charge is 2.15. The zero-order valence-electron chi connectivity index (χ0n) is 14.5. The Kier molecular flexibility index (Phi) is 4.79. The van der Waals surface area contributed by atoms with Gasteiger partial charge in [-0.05, 0) is 31.5 Å². The van der Waals surface area contributed by atoms with Gasteiger partial charge in [0.15, 0.2) is 0 Å². The van der Waals surface area contributed by atoms with Crippen LogP contribution in [-0.2, 0) is 6.54 Å². The Morgan fingerprint density at radius 2 is 2.00 bits per heavy atom. The van der Waals surface area contributed by atoms with Crippen LogP contribution in [0, 0.1) is 24.0 Å². The molecule has 0 unspecified atom stereocenters. The number of aromatic nitrogens is 2. The van der Waals surface area contributed by atoms with Crippen molar-refractivity contribution in [1.29, 1.82) is 0 Å². The third-order valence-electron chi connectivity index (χ3n) is 4.03. The summed E-state index contributed by atoms with van der Waals surface area (Å²) in [5.74, 6) is 0.224. The second-order valence-corrected chi connectivity index (χ2v) is 6.08. The minimum absolute atomic E-state index is 0.00830. The van der Waals surface area contributed by atoms with Gasteiger partial charge in [0.2, 0.25) is 0 Å². The molecule has 2 aromatic carbocycles. The van der Waals surface area contributed by atoms with Crippen LogP contribution in [0.2, 0.25) is 0 Å². The van der Waals surface area contributed by atoms with Crippen molar-refractivity contribution in [2.75, 3.05) is 5.32 Å². The van der Waals surface area contributed by atoms with E-state index in [1.807, 2.05) is 25.1 Å². The van der Waals surface area contributed by atoms with Gasteiger partial charge in [-0.3, -0.25) is 14.9 Å². The number of hydrogen-bond acceptors (Lipinski definition) is 4. The fraction of sp³-hybridized carbons (Fsp3) is 0.158. The number of anilines is 1. The molecule has 1 heterocycles. The molecule has 0 bridgehead atoms. The van der Waals surface area contributed by atoms with Gasteiger partial charge >= 0.3 is 0 Å². The van der Waals surface area contributed by atoms with Crippen LogP contribution in [0.5, 0.6) is 0 Å². The van der Waals surface area contributed by atoms with E-state index in [4.69, 9.17) is 0 Å². The number of nitro groups is 1. The summed E-state index contributed by atoms with van der Waals surface area (Å²) in [5, 5.41) is 18.0. The van der Waals surface area contributed by atoms with Crippen LogP contribution >= 0.6 is 0 Å². The number of nitrogens with zero attached hydrogens (tertiary/aromatic N) is 3. The molecule has 0 saturated heterocycles. The summed E-state index contributed by atoms with van der Waals surface area (Å²) >= 11 is 0. The largest absolute Gasteiger partial charge is 0.307 e. The first-order chi connectivity index (χ1) is 12.4. The highest BCUT2D eigenvalue weighted by molar-refractivity contribution is 6.04. The first-order valence-electron chi connectivity index (χ1n) is 8.08. The summed E-state index contributed by atoms with van der Waals surface area (Å²) in [6.45, 7) is 4.16. The van der Waals surface area contributed by atoms with Crippen LogP contribution in [0.15, 0.2) is 54.7 Å². The van der Waals surface area contributed by atoms with Gasteiger partial charge < -0.3 is 5.32 Å². The van der Waals surface area contributed by atoms with E-state index in [1.165, 1.54) is 18.2 Å². The summed E-state index contributed by atoms with van der Waals surface area (Å²) in [4.78, 5) is 22.9. The maximum atomic E-state index is 12.5. The van der Waals surface area contributed by atoms with Crippen LogP contribution in [0.25, 0.3) is 0 Å². The number of benzene rings is 2. The fourth-order valence-electron chi connectivity index (χ4n) is 2.74. The molecule has 3 rings (SSSR count). The summed E-state index contributed by atoms with van der Waals surface area (Å²) in [6.07, 6.45) is 1.62. The molecule has 132 valence electrons. The highest BCUT2D eigenvalue weighted by atomic mass is 16.6. The van der Waals surface area contributed by atoms with Crippen LogP contribution in [0.1, 0.15) is 27.0 Å². The molecule has 0 aliphatic heterocycles. The minimum Gasteiger partial charge on any atom is -0.307 e. The van der Waals surface area contributed by atoms with Gasteiger partial charge in [-0.15, -0.1) is 0 Å². The normalized spacial score (nSPS) is 10.5. The number of carbonyl (C=O) groups excluding carboxylic acids is 1. The van der Waals surface area contributed by atoms with E-state index in [0.29, 0.717) is 23.5 Å². The lowest BCUT2D eigenvalue weighted by Gasteiger charge is -2.10. The van der Waals surface area contributed by atoms with Gasteiger partial charge in [0, 0.05) is 23.3 Å². The molecule has 7 nitrogen and oxygen atoms in total. The average molecular weight is 350 g/mol. The van der Waals surface area contributed by atoms with Gasteiger partial charge in [0.05, 0.1) is 17.7 Å². The zero-order valence-corrected chi connectivity index (χ0v) is 14.5. The molecule has 1 N–H and O–H groups in total. The predicted molar refractivity (Wildman–Crippen MR) is 98.3 cm³/mol. The van der Waals surface area contributed by atoms with E-state index in [-0.39, 0.29) is 11.6 Å². The first-order valence-corrected chi connectivity index (χ1v) is 8.08. The molecule has 0 saturated carbocycles. The van der Waals surface area contributed by atoms with Crippen molar-refractivity contribution in [1.82, 2.24) is 9.78 Å². The number of nitro benzene ring substituents is 1. The van der Waals surface area contributed by atoms with Crippen molar-refractivity contribution >= 4 is 17.4 Å². The first kappa shape index (κ1) is 17.3. The molecule has 0 radical (unpaired) electrons. The molecule has 0 fully saturated rings. The SMILES string of the molecule is Cc1cccc(Cn2nccc2NC(=O)c2ccc([N+](=O)[O-])c(C)c2)c1. The van der Waals surface area contributed by atoms with E-state index in [2.05, 4.69) is 16.5 Å². The second-order valence-electron chi connectivity index (χ2n) is 6.08. The topological polar surface area (TPSA) is 90.1 Å². The Balaban J connectivity index is 1.77. The van der Waals surface area contributed by atoms with E-state index < -0.39 is 4.92 Å². The van der Waals surface area contributed by atoms with Crippen molar-refractivity contribution < 1.29 is 9.72 Å². The monoisotopic (exact) mass is 350 g/mol. The maximum Gasteiger partial charge on any atom is 0.272 e. The van der Waals surface area contributed by atoms with Gasteiger partial charge in [0.1, 0.15) is 5.82 Å². The van der Waals surface area contributed by atoms with Gasteiger partial charge in [-0.1, -0.05) is 29.8 Å². The predicted octanol–water partition coefficient (Wildman–Crippen LogP) is 3.71. The van der Waals surface area contributed by atoms with Crippen LogP contribution in [-0.4, -0.2) is 20.6 Å². The highest BCUT2D eigenvalue weighted by Crippen LogP contribution is 2.20. The Labute approximate surface area is 150 Å². The molecular formula is C19H18N4O3. The number of nitrogens with one attached hydrogen (secondary N) is 1. The van der Waals surface area contributed by atoms with Crippen molar-refractivity contribution in [2.45, 2.75) is 20.4 Å². The van der Waals surface area contributed by atoms with E-state index in [9.17, 15) is 14.9 Å². The van der Waals surface area contributed by atoms with Gasteiger partial charge in [-0.2, -0.15) is 5.10 Å². The van der Waals surface area contributed by atoms with Crippen LogP contribution < -0.4 is 5.32 Å². The number of amides is 1. The molecule has 1 aromatic heterocycles. The Hall–Kier alpha value is -3.48. The molecule has 0 aliphatic rings. The third kappa shape index (κ3) is 3.77. The summed E-state index contributed by atoms with van der Waals surface area (Å²) < 4.78 is 1.70. The van der Waals surface area contributed by atoms with Crippen molar-refractivity contribution in [2.24, 2.45) is 0 Å². The minimum atomic E-state index is -0.464. The van der Waals surface area contributed by atoms with Crippen LogP contribution in [0.3, 0.4) is 0 Å². The molecule has 26 heavy (non-hydrogen) atoms. The summed E-state index contributed by atoms with van der Waals surface area (Å²) in [5.41, 5.74) is 3.02. The molecule has 1 amide bonds. The van der Waals surface area contributed by atoms with Crippen molar-refractivity contribution in [3.63, 3.8) is 0 Å². The molecule has 0 aliphatic carbocycles. The Morgan fingerprint density at radius 3 is 2.69 bits per heavy atom. The second kappa shape index (κ2) is 7.18. The van der Waals surface area contributed by atoms with Gasteiger partial charge in [0.25, 0.3) is 11.6 Å². The third-order valence-corrected chi connectivity index (χ3v) is 4.03. The molecule has 0 atom stereocenters. The van der Waals surface area contributed by atoms with Crippen LogP contribution in [0.4, 0.5) is 11.5 Å². The number of rotatable bonds is 5. The number of carbonyl (C=O) groups is 1. The lowest BCUT2D eigenvalue weighted by Crippen LogP contribution is -2.16. The van der Waals surface area contributed by atoms with Crippen molar-refractivity contribution in [3.05, 3.63) is 87.1 Å². The van der Waals surface area contributed by atoms with Crippen molar-refractivity contribution in [3.8, 4) is 0 Å². The molecule has 7 heteroatoms. The summed E-state index contributed by atoms with van der Waals surface area (Å²) in [6, 6.07) is 14.1. The average Bonchev–Trinajstić information content (AvgIpc) is 3.01. The zero-order chi connectivity index (χ0) is 18.7. The Morgan fingerprint density at radius 1 is 1.19 bits per heavy atom. The fourth-order valence-corrected chi connectivity index (χ4v) is 2.74.